The van der Waals surface area contributed by atoms with Gasteiger partial charge in [0, 0.05) is 13.2 Å². The predicted octanol–water partition coefficient (Wildman–Crippen LogP) is 2.76. The number of amides is 1. The van der Waals surface area contributed by atoms with Crippen LogP contribution in [-0.4, -0.2) is 31.6 Å². The highest BCUT2D eigenvalue weighted by atomic mass is 35.5. The maximum Gasteiger partial charge on any atom is 0.237 e. The number of carbonyl (C=O) groups excluding carboxylic acids is 1. The SMILES string of the molecule is Cl.O=C(NCCCOC1CCCc2ccccc21)C1CCCN1. The molecule has 128 valence electrons. The van der Waals surface area contributed by atoms with Crippen molar-refractivity contribution >= 4 is 18.3 Å². The summed E-state index contributed by atoms with van der Waals surface area (Å²) in [5.74, 6) is 0.139. The van der Waals surface area contributed by atoms with Crippen molar-refractivity contribution in [1.82, 2.24) is 10.6 Å². The first kappa shape index (κ1) is 18.2. The Hall–Kier alpha value is -1.10. The lowest BCUT2D eigenvalue weighted by molar-refractivity contribution is -0.122. The highest BCUT2D eigenvalue weighted by molar-refractivity contribution is 5.85. The first-order valence-electron chi connectivity index (χ1n) is 8.55. The monoisotopic (exact) mass is 338 g/mol. The Morgan fingerprint density at radius 2 is 2.13 bits per heavy atom. The highest BCUT2D eigenvalue weighted by Crippen LogP contribution is 2.32. The van der Waals surface area contributed by atoms with Crippen molar-refractivity contribution in [2.45, 2.75) is 50.7 Å². The summed E-state index contributed by atoms with van der Waals surface area (Å²) in [7, 11) is 0. The second-order valence-electron chi connectivity index (χ2n) is 6.24. The molecule has 1 heterocycles. The quantitative estimate of drug-likeness (QED) is 0.784. The first-order chi connectivity index (χ1) is 10.8. The predicted molar refractivity (Wildman–Crippen MR) is 94.0 cm³/mol. The van der Waals surface area contributed by atoms with Gasteiger partial charge in [-0.25, -0.2) is 0 Å². The van der Waals surface area contributed by atoms with E-state index in [1.807, 2.05) is 0 Å². The number of ether oxygens (including phenoxy) is 1. The van der Waals surface area contributed by atoms with Crippen LogP contribution in [0.1, 0.15) is 49.3 Å². The molecule has 2 atom stereocenters. The number of fused-ring (bicyclic) bond motifs is 1. The van der Waals surface area contributed by atoms with Gasteiger partial charge in [0.05, 0.1) is 12.1 Å². The van der Waals surface area contributed by atoms with E-state index in [1.54, 1.807) is 0 Å². The van der Waals surface area contributed by atoms with E-state index >= 15 is 0 Å². The molecule has 0 spiro atoms. The van der Waals surface area contributed by atoms with Gasteiger partial charge in [-0.3, -0.25) is 4.79 Å². The number of rotatable bonds is 6. The van der Waals surface area contributed by atoms with Crippen LogP contribution in [0.5, 0.6) is 0 Å². The van der Waals surface area contributed by atoms with Crippen molar-refractivity contribution in [3.63, 3.8) is 0 Å². The third-order valence-corrected chi connectivity index (χ3v) is 4.63. The first-order valence-corrected chi connectivity index (χ1v) is 8.55. The van der Waals surface area contributed by atoms with Crippen LogP contribution in [-0.2, 0) is 16.0 Å². The topological polar surface area (TPSA) is 50.4 Å². The molecule has 3 rings (SSSR count). The molecule has 2 aliphatic rings. The molecular formula is C18H27ClN2O2. The van der Waals surface area contributed by atoms with Crippen molar-refractivity contribution in [2.75, 3.05) is 19.7 Å². The van der Waals surface area contributed by atoms with E-state index < -0.39 is 0 Å². The fourth-order valence-electron chi connectivity index (χ4n) is 3.42. The molecule has 4 nitrogen and oxygen atoms in total. The van der Waals surface area contributed by atoms with Gasteiger partial charge in [-0.15, -0.1) is 12.4 Å². The Bertz CT molecular complexity index is 504. The Labute approximate surface area is 144 Å². The van der Waals surface area contributed by atoms with Gasteiger partial charge in [0.15, 0.2) is 0 Å². The van der Waals surface area contributed by atoms with E-state index in [0.29, 0.717) is 13.2 Å². The molecule has 2 N–H and O–H groups in total. The number of benzene rings is 1. The van der Waals surface area contributed by atoms with Gasteiger partial charge in [0.1, 0.15) is 0 Å². The Morgan fingerprint density at radius 3 is 2.96 bits per heavy atom. The lowest BCUT2D eigenvalue weighted by Crippen LogP contribution is -2.40. The number of hydrogen-bond acceptors (Lipinski definition) is 3. The van der Waals surface area contributed by atoms with E-state index in [1.165, 1.54) is 24.0 Å². The van der Waals surface area contributed by atoms with Crippen LogP contribution in [0.25, 0.3) is 0 Å². The summed E-state index contributed by atoms with van der Waals surface area (Å²) >= 11 is 0. The molecule has 1 amide bonds. The third-order valence-electron chi connectivity index (χ3n) is 4.63. The molecule has 0 aromatic heterocycles. The normalized spacial score (nSPS) is 23.0. The number of halogens is 1. The second-order valence-corrected chi connectivity index (χ2v) is 6.24. The Morgan fingerprint density at radius 1 is 1.26 bits per heavy atom. The zero-order valence-corrected chi connectivity index (χ0v) is 14.4. The van der Waals surface area contributed by atoms with Crippen LogP contribution in [0.3, 0.4) is 0 Å². The summed E-state index contributed by atoms with van der Waals surface area (Å²) in [5, 5.41) is 6.22. The molecule has 1 aliphatic heterocycles. The fourth-order valence-corrected chi connectivity index (χ4v) is 3.42. The number of nitrogens with one attached hydrogen (secondary N) is 2. The van der Waals surface area contributed by atoms with E-state index in [4.69, 9.17) is 4.74 Å². The van der Waals surface area contributed by atoms with E-state index in [2.05, 4.69) is 34.9 Å². The fraction of sp³-hybridized carbons (Fsp3) is 0.611. The van der Waals surface area contributed by atoms with Crippen molar-refractivity contribution in [1.29, 1.82) is 0 Å². The average Bonchev–Trinajstić information content (AvgIpc) is 3.09. The van der Waals surface area contributed by atoms with Gasteiger partial charge in [0.25, 0.3) is 0 Å². The summed E-state index contributed by atoms with van der Waals surface area (Å²) in [4.78, 5) is 11.9. The van der Waals surface area contributed by atoms with Crippen LogP contribution in [0.4, 0.5) is 0 Å². The third kappa shape index (κ3) is 4.93. The van der Waals surface area contributed by atoms with Crippen molar-refractivity contribution < 1.29 is 9.53 Å². The zero-order chi connectivity index (χ0) is 15.2. The summed E-state index contributed by atoms with van der Waals surface area (Å²) in [5.41, 5.74) is 2.78. The molecule has 2 unspecified atom stereocenters. The minimum atomic E-state index is 0. The molecule has 0 bridgehead atoms. The van der Waals surface area contributed by atoms with Crippen LogP contribution >= 0.6 is 12.4 Å². The molecule has 1 aromatic rings. The van der Waals surface area contributed by atoms with Crippen LogP contribution in [0, 0.1) is 0 Å². The maximum absolute atomic E-state index is 11.9. The molecule has 1 saturated heterocycles. The van der Waals surface area contributed by atoms with E-state index in [9.17, 15) is 4.79 Å². The summed E-state index contributed by atoms with van der Waals surface area (Å²) in [6.07, 6.45) is 6.64. The molecule has 5 heteroatoms. The van der Waals surface area contributed by atoms with Gasteiger partial charge in [-0.05, 0) is 56.2 Å². The van der Waals surface area contributed by atoms with Gasteiger partial charge in [-0.1, -0.05) is 24.3 Å². The largest absolute Gasteiger partial charge is 0.373 e. The van der Waals surface area contributed by atoms with Crippen molar-refractivity contribution in [2.24, 2.45) is 0 Å². The number of hydrogen-bond donors (Lipinski definition) is 2. The van der Waals surface area contributed by atoms with Crippen LogP contribution in [0.15, 0.2) is 24.3 Å². The smallest absolute Gasteiger partial charge is 0.237 e. The lowest BCUT2D eigenvalue weighted by atomic mass is 9.89. The van der Waals surface area contributed by atoms with Gasteiger partial charge >= 0.3 is 0 Å². The second kappa shape index (κ2) is 9.26. The van der Waals surface area contributed by atoms with E-state index in [0.717, 1.165) is 32.2 Å². The zero-order valence-electron chi connectivity index (χ0n) is 13.6. The number of carbonyl (C=O) groups is 1. The summed E-state index contributed by atoms with van der Waals surface area (Å²) in [6, 6.07) is 8.61. The molecule has 0 saturated carbocycles. The number of aryl methyl sites for hydroxylation is 1. The Balaban J connectivity index is 0.00000192. The van der Waals surface area contributed by atoms with Crippen molar-refractivity contribution in [3.8, 4) is 0 Å². The van der Waals surface area contributed by atoms with Gasteiger partial charge < -0.3 is 15.4 Å². The van der Waals surface area contributed by atoms with E-state index in [-0.39, 0.29) is 30.5 Å². The standard InChI is InChI=1S/C18H26N2O2.ClH/c21-18(16-9-4-11-19-16)20-12-5-13-22-17-10-3-7-14-6-1-2-8-15(14)17;/h1-2,6,8,16-17,19H,3-5,7,9-13H2,(H,20,21);1H. The molecule has 1 aromatic carbocycles. The van der Waals surface area contributed by atoms with Crippen LogP contribution in [0.2, 0.25) is 0 Å². The Kier molecular flexibility index (Phi) is 7.34. The molecule has 23 heavy (non-hydrogen) atoms. The molecule has 0 radical (unpaired) electrons. The minimum absolute atomic E-state index is 0. The highest BCUT2D eigenvalue weighted by Gasteiger charge is 2.22. The minimum Gasteiger partial charge on any atom is -0.373 e. The molecule has 1 fully saturated rings. The van der Waals surface area contributed by atoms with Crippen molar-refractivity contribution in [3.05, 3.63) is 35.4 Å². The summed E-state index contributed by atoms with van der Waals surface area (Å²) < 4.78 is 6.05. The molecule has 1 aliphatic carbocycles. The maximum atomic E-state index is 11.9. The average molecular weight is 339 g/mol. The van der Waals surface area contributed by atoms with Gasteiger partial charge in [-0.2, -0.15) is 0 Å². The van der Waals surface area contributed by atoms with Gasteiger partial charge in [0.2, 0.25) is 5.91 Å². The summed E-state index contributed by atoms with van der Waals surface area (Å²) in [6.45, 7) is 2.37. The molecular weight excluding hydrogens is 312 g/mol. The lowest BCUT2D eigenvalue weighted by Gasteiger charge is -2.25. The van der Waals surface area contributed by atoms with Crippen LogP contribution < -0.4 is 10.6 Å².